The first-order chi connectivity index (χ1) is 10.0. The van der Waals surface area contributed by atoms with Crippen molar-refractivity contribution in [1.29, 1.82) is 0 Å². The Morgan fingerprint density at radius 1 is 1.19 bits per heavy atom. The molecule has 0 saturated heterocycles. The zero-order valence-corrected chi connectivity index (χ0v) is 14.7. The Bertz CT molecular complexity index is 817. The number of aryl methyl sites for hydroxylation is 1. The number of phenolic OH excluding ortho intramolecular Hbond substituents is 1. The molecule has 1 heterocycles. The lowest BCUT2D eigenvalue weighted by molar-refractivity contribution is 0.425. The van der Waals surface area contributed by atoms with Crippen LogP contribution >= 0.6 is 38.5 Å². The third-order valence-corrected chi connectivity index (χ3v) is 4.57. The van der Waals surface area contributed by atoms with E-state index in [1.165, 1.54) is 0 Å². The van der Waals surface area contributed by atoms with Crippen LogP contribution in [0.3, 0.4) is 0 Å². The van der Waals surface area contributed by atoms with Crippen molar-refractivity contribution in [3.63, 3.8) is 0 Å². The number of rotatable bonds is 2. The van der Waals surface area contributed by atoms with Gasteiger partial charge in [0.15, 0.2) is 0 Å². The second-order valence-corrected chi connectivity index (χ2v) is 6.65. The van der Waals surface area contributed by atoms with E-state index in [2.05, 4.69) is 48.7 Å². The molecule has 0 spiro atoms. The van der Waals surface area contributed by atoms with E-state index in [1.54, 1.807) is 12.1 Å². The molecule has 2 aromatic carbocycles. The Labute approximate surface area is 143 Å². The lowest BCUT2D eigenvalue weighted by Crippen LogP contribution is -1.84. The van der Waals surface area contributed by atoms with E-state index < -0.39 is 0 Å². The van der Waals surface area contributed by atoms with Crippen molar-refractivity contribution in [3.8, 4) is 28.6 Å². The van der Waals surface area contributed by atoms with Gasteiger partial charge in [-0.05, 0) is 59.3 Å². The van der Waals surface area contributed by atoms with Crippen molar-refractivity contribution in [3.05, 3.63) is 50.0 Å². The summed E-state index contributed by atoms with van der Waals surface area (Å²) in [5, 5.41) is 13.9. The molecule has 4 nitrogen and oxygen atoms in total. The molecule has 0 saturated carbocycles. The zero-order valence-electron chi connectivity index (χ0n) is 11.0. The summed E-state index contributed by atoms with van der Waals surface area (Å²) in [4.78, 5) is 4.36. The zero-order chi connectivity index (χ0) is 15.0. The third kappa shape index (κ3) is 2.96. The molecule has 3 rings (SSSR count). The highest BCUT2D eigenvalue weighted by Crippen LogP contribution is 2.31. The first-order valence-electron chi connectivity index (χ1n) is 6.14. The number of nitrogens with zero attached hydrogens (tertiary/aromatic N) is 2. The van der Waals surface area contributed by atoms with Crippen molar-refractivity contribution in [2.45, 2.75) is 6.92 Å². The number of benzene rings is 2. The van der Waals surface area contributed by atoms with Crippen molar-refractivity contribution >= 4 is 38.5 Å². The number of aromatic hydroxyl groups is 1. The molecule has 0 aliphatic heterocycles. The minimum absolute atomic E-state index is 0.121. The fourth-order valence-electron chi connectivity index (χ4n) is 1.86. The Hall–Kier alpha value is -1.41. The molecule has 21 heavy (non-hydrogen) atoms. The Morgan fingerprint density at radius 2 is 2.00 bits per heavy atom. The van der Waals surface area contributed by atoms with E-state index in [0.29, 0.717) is 17.3 Å². The average molecular weight is 457 g/mol. The van der Waals surface area contributed by atoms with E-state index in [1.807, 2.05) is 31.2 Å². The van der Waals surface area contributed by atoms with Crippen LogP contribution in [0.2, 0.25) is 0 Å². The van der Waals surface area contributed by atoms with Gasteiger partial charge in [0.05, 0.1) is 5.56 Å². The van der Waals surface area contributed by atoms with Gasteiger partial charge in [0.25, 0.3) is 5.89 Å². The Morgan fingerprint density at radius 3 is 2.76 bits per heavy atom. The van der Waals surface area contributed by atoms with Gasteiger partial charge in [0, 0.05) is 13.6 Å². The van der Waals surface area contributed by atoms with Crippen LogP contribution in [0.1, 0.15) is 5.56 Å². The predicted octanol–water partition coefficient (Wildman–Crippen LogP) is 4.78. The van der Waals surface area contributed by atoms with Gasteiger partial charge in [0.1, 0.15) is 5.75 Å². The Balaban J connectivity index is 2.03. The highest BCUT2D eigenvalue weighted by atomic mass is 127. The smallest absolute Gasteiger partial charge is 0.262 e. The van der Waals surface area contributed by atoms with Gasteiger partial charge in [-0.2, -0.15) is 4.98 Å². The van der Waals surface area contributed by atoms with Crippen LogP contribution in [0.25, 0.3) is 22.8 Å². The summed E-state index contributed by atoms with van der Waals surface area (Å²) in [5.41, 5.74) is 2.53. The minimum atomic E-state index is 0.121. The molecule has 0 bridgehead atoms. The molecule has 0 aliphatic carbocycles. The van der Waals surface area contributed by atoms with E-state index in [-0.39, 0.29) is 5.75 Å². The summed E-state index contributed by atoms with van der Waals surface area (Å²) in [5.74, 6) is 0.914. The molecule has 0 amide bonds. The summed E-state index contributed by atoms with van der Waals surface area (Å²) >= 11 is 5.66. The first-order valence-corrected chi connectivity index (χ1v) is 8.01. The van der Waals surface area contributed by atoms with Gasteiger partial charge < -0.3 is 9.63 Å². The highest BCUT2D eigenvalue weighted by Gasteiger charge is 2.14. The standard InChI is InChI=1S/C15H10BrIN2O2/c1-8-2-3-9(6-12(8)16)14-18-15(21-19-14)11-7-10(17)4-5-13(11)20/h2-7,20H,1H3. The number of halogens is 2. The summed E-state index contributed by atoms with van der Waals surface area (Å²) in [6.45, 7) is 2.01. The van der Waals surface area contributed by atoms with Crippen molar-refractivity contribution in [2.75, 3.05) is 0 Å². The molecule has 0 fully saturated rings. The number of hydrogen-bond donors (Lipinski definition) is 1. The van der Waals surface area contributed by atoms with Crippen LogP contribution in [0.5, 0.6) is 5.75 Å². The molecular weight excluding hydrogens is 447 g/mol. The highest BCUT2D eigenvalue weighted by molar-refractivity contribution is 14.1. The van der Waals surface area contributed by atoms with E-state index >= 15 is 0 Å². The van der Waals surface area contributed by atoms with Gasteiger partial charge in [0.2, 0.25) is 5.82 Å². The van der Waals surface area contributed by atoms with Crippen molar-refractivity contribution in [2.24, 2.45) is 0 Å². The van der Waals surface area contributed by atoms with Crippen LogP contribution in [0.4, 0.5) is 0 Å². The topological polar surface area (TPSA) is 59.2 Å². The molecule has 106 valence electrons. The Kier molecular flexibility index (Phi) is 3.99. The van der Waals surface area contributed by atoms with Gasteiger partial charge in [-0.3, -0.25) is 0 Å². The molecular formula is C15H10BrIN2O2. The molecule has 0 aliphatic rings. The van der Waals surface area contributed by atoms with E-state index in [4.69, 9.17) is 4.52 Å². The number of hydrogen-bond acceptors (Lipinski definition) is 4. The minimum Gasteiger partial charge on any atom is -0.507 e. The monoisotopic (exact) mass is 456 g/mol. The van der Waals surface area contributed by atoms with Crippen LogP contribution < -0.4 is 0 Å². The maximum Gasteiger partial charge on any atom is 0.262 e. The summed E-state index contributed by atoms with van der Waals surface area (Å²) in [7, 11) is 0. The summed E-state index contributed by atoms with van der Waals surface area (Å²) < 4.78 is 7.25. The molecule has 6 heteroatoms. The largest absolute Gasteiger partial charge is 0.507 e. The fraction of sp³-hybridized carbons (Fsp3) is 0.0667. The van der Waals surface area contributed by atoms with Gasteiger partial charge in [-0.15, -0.1) is 0 Å². The maximum atomic E-state index is 9.91. The van der Waals surface area contributed by atoms with Crippen molar-refractivity contribution < 1.29 is 9.63 Å². The fourth-order valence-corrected chi connectivity index (χ4v) is 2.73. The molecule has 0 radical (unpaired) electrons. The molecule has 1 N–H and O–H groups in total. The average Bonchev–Trinajstić information content (AvgIpc) is 2.94. The van der Waals surface area contributed by atoms with Gasteiger partial charge >= 0.3 is 0 Å². The SMILES string of the molecule is Cc1ccc(-c2noc(-c3cc(I)ccc3O)n2)cc1Br. The molecule has 1 aromatic heterocycles. The summed E-state index contributed by atoms with van der Waals surface area (Å²) in [6, 6.07) is 11.1. The maximum absolute atomic E-state index is 9.91. The third-order valence-electron chi connectivity index (χ3n) is 3.05. The lowest BCUT2D eigenvalue weighted by Gasteiger charge is -2.00. The number of phenols is 1. The van der Waals surface area contributed by atoms with Crippen LogP contribution in [-0.4, -0.2) is 15.2 Å². The normalized spacial score (nSPS) is 10.8. The molecule has 3 aromatic rings. The van der Waals surface area contributed by atoms with E-state index in [0.717, 1.165) is 19.2 Å². The van der Waals surface area contributed by atoms with Gasteiger partial charge in [-0.1, -0.05) is 33.2 Å². The van der Waals surface area contributed by atoms with Crippen LogP contribution in [0, 0.1) is 10.5 Å². The quantitative estimate of drug-likeness (QED) is 0.563. The van der Waals surface area contributed by atoms with Crippen LogP contribution in [0.15, 0.2) is 45.4 Å². The second kappa shape index (κ2) is 5.76. The predicted molar refractivity (Wildman–Crippen MR) is 92.0 cm³/mol. The van der Waals surface area contributed by atoms with Crippen molar-refractivity contribution in [1.82, 2.24) is 10.1 Å². The van der Waals surface area contributed by atoms with Gasteiger partial charge in [-0.25, -0.2) is 0 Å². The molecule has 0 atom stereocenters. The molecule has 0 unspecified atom stereocenters. The van der Waals surface area contributed by atoms with Crippen LogP contribution in [-0.2, 0) is 0 Å². The second-order valence-electron chi connectivity index (χ2n) is 4.55. The number of aromatic nitrogens is 2. The first kappa shape index (κ1) is 14.5. The summed E-state index contributed by atoms with van der Waals surface area (Å²) in [6.07, 6.45) is 0. The van der Waals surface area contributed by atoms with E-state index in [9.17, 15) is 5.11 Å². The lowest BCUT2D eigenvalue weighted by atomic mass is 10.1.